The smallest absolute Gasteiger partial charge is 0.205 e. The Balaban J connectivity index is 1.49. The molecule has 7 nitrogen and oxygen atoms in total. The van der Waals surface area contributed by atoms with Crippen LogP contribution >= 0.6 is 0 Å². The predicted octanol–water partition coefficient (Wildman–Crippen LogP) is 6.50. The Kier molecular flexibility index (Phi) is 5.81. The summed E-state index contributed by atoms with van der Waals surface area (Å²) in [5.41, 5.74) is 10.4. The van der Waals surface area contributed by atoms with Crippen molar-refractivity contribution in [1.82, 2.24) is 35.2 Å². The van der Waals surface area contributed by atoms with Crippen molar-refractivity contribution in [3.8, 4) is 39.3 Å². The van der Waals surface area contributed by atoms with Crippen LogP contribution in [-0.2, 0) is 6.42 Å². The molecule has 0 atom stereocenters. The minimum Gasteiger partial charge on any atom is -0.281 e. The van der Waals surface area contributed by atoms with Crippen LogP contribution in [0, 0.1) is 13.8 Å². The predicted molar refractivity (Wildman–Crippen MR) is 146 cm³/mol. The molecule has 0 amide bonds. The fraction of sp³-hybridized carbons (Fsp3) is 0.167. The zero-order valence-corrected chi connectivity index (χ0v) is 21.1. The van der Waals surface area contributed by atoms with E-state index in [2.05, 4.69) is 99.7 Å². The molecule has 0 spiro atoms. The van der Waals surface area contributed by atoms with Crippen LogP contribution < -0.4 is 0 Å². The molecular formula is C30H27N7. The lowest BCUT2D eigenvalue weighted by Crippen LogP contribution is -2.02. The van der Waals surface area contributed by atoms with E-state index in [1.165, 1.54) is 5.56 Å². The highest BCUT2D eigenvalue weighted by Crippen LogP contribution is 2.33. The van der Waals surface area contributed by atoms with Gasteiger partial charge in [-0.25, -0.2) is 9.97 Å². The number of tetrazole rings is 1. The van der Waals surface area contributed by atoms with E-state index < -0.39 is 0 Å². The van der Waals surface area contributed by atoms with E-state index >= 15 is 0 Å². The minimum atomic E-state index is 0.578. The lowest BCUT2D eigenvalue weighted by Gasteiger charge is -2.12. The molecule has 0 aliphatic rings. The first-order valence-corrected chi connectivity index (χ1v) is 12.5. The quantitative estimate of drug-likeness (QED) is 0.291. The van der Waals surface area contributed by atoms with Crippen molar-refractivity contribution in [2.45, 2.75) is 33.6 Å². The number of nitrogens with zero attached hydrogens (tertiary/aromatic N) is 6. The lowest BCUT2D eigenvalue weighted by atomic mass is 9.99. The molecule has 0 fully saturated rings. The topological polar surface area (TPSA) is 85.2 Å². The van der Waals surface area contributed by atoms with Crippen molar-refractivity contribution < 1.29 is 0 Å². The summed E-state index contributed by atoms with van der Waals surface area (Å²) >= 11 is 0. The molecule has 0 aliphatic heterocycles. The monoisotopic (exact) mass is 485 g/mol. The summed E-state index contributed by atoms with van der Waals surface area (Å²) in [7, 11) is 0. The molecule has 3 heterocycles. The van der Waals surface area contributed by atoms with Crippen molar-refractivity contribution in [2.75, 3.05) is 0 Å². The van der Waals surface area contributed by atoms with E-state index in [-0.39, 0.29) is 0 Å². The van der Waals surface area contributed by atoms with Gasteiger partial charge in [0.15, 0.2) is 5.65 Å². The average molecular weight is 486 g/mol. The van der Waals surface area contributed by atoms with Crippen LogP contribution in [0.15, 0.2) is 78.9 Å². The van der Waals surface area contributed by atoms with Gasteiger partial charge in [-0.05, 0) is 60.4 Å². The molecule has 0 unspecified atom stereocenters. The first kappa shape index (κ1) is 22.8. The summed E-state index contributed by atoms with van der Waals surface area (Å²) in [6.45, 7) is 6.34. The van der Waals surface area contributed by atoms with Crippen molar-refractivity contribution in [3.63, 3.8) is 0 Å². The van der Waals surface area contributed by atoms with Crippen LogP contribution in [0.2, 0.25) is 0 Å². The molecule has 0 radical (unpaired) electrons. The fourth-order valence-electron chi connectivity index (χ4n) is 4.83. The normalized spacial score (nSPS) is 11.3. The van der Waals surface area contributed by atoms with Crippen LogP contribution in [0.1, 0.15) is 30.4 Å². The van der Waals surface area contributed by atoms with Gasteiger partial charge in [0.25, 0.3) is 0 Å². The molecule has 0 bridgehead atoms. The second kappa shape index (κ2) is 9.43. The van der Waals surface area contributed by atoms with E-state index in [1.54, 1.807) is 0 Å². The molecule has 182 valence electrons. The number of hydrogen-bond acceptors (Lipinski definition) is 5. The number of fused-ring (bicyclic) bond motifs is 1. The Morgan fingerprint density at radius 3 is 2.19 bits per heavy atom. The maximum atomic E-state index is 5.12. The molecule has 0 saturated carbocycles. The van der Waals surface area contributed by atoms with Crippen molar-refractivity contribution in [1.29, 1.82) is 0 Å². The zero-order chi connectivity index (χ0) is 25.4. The Bertz CT molecular complexity index is 1680. The summed E-state index contributed by atoms with van der Waals surface area (Å²) in [5, 5.41) is 14.6. The molecule has 3 aromatic heterocycles. The standard InChI is InChI=1S/C30H27N7/c1-4-7-27-32-28-26(22-12-10-19(2)11-13-22)18-20(3)31-30(28)37(27)23-16-14-21(15-17-23)24-8-5-6-9-25(24)29-33-35-36-34-29/h5-6,8-18H,4,7H2,1-3H3,(H,33,34,35,36). The van der Waals surface area contributed by atoms with E-state index in [1.807, 2.05) is 25.1 Å². The Hall–Kier alpha value is -4.65. The third kappa shape index (κ3) is 4.18. The Labute approximate surface area is 215 Å². The van der Waals surface area contributed by atoms with Gasteiger partial charge in [0, 0.05) is 28.9 Å². The van der Waals surface area contributed by atoms with Crippen molar-refractivity contribution in [3.05, 3.63) is 95.9 Å². The first-order valence-electron chi connectivity index (χ1n) is 12.5. The molecule has 1 N–H and O–H groups in total. The lowest BCUT2D eigenvalue weighted by molar-refractivity contribution is 0.815. The summed E-state index contributed by atoms with van der Waals surface area (Å²) in [6, 6.07) is 27.4. The van der Waals surface area contributed by atoms with Gasteiger partial charge in [0.05, 0.1) is 0 Å². The third-order valence-corrected chi connectivity index (χ3v) is 6.60. The largest absolute Gasteiger partial charge is 0.281 e. The van der Waals surface area contributed by atoms with Gasteiger partial charge < -0.3 is 0 Å². The number of pyridine rings is 1. The van der Waals surface area contributed by atoms with Crippen LogP contribution in [0.4, 0.5) is 0 Å². The van der Waals surface area contributed by atoms with Gasteiger partial charge in [-0.1, -0.05) is 73.2 Å². The highest BCUT2D eigenvalue weighted by atomic mass is 15.5. The molecule has 37 heavy (non-hydrogen) atoms. The van der Waals surface area contributed by atoms with Crippen LogP contribution in [0.5, 0.6) is 0 Å². The van der Waals surface area contributed by atoms with Gasteiger partial charge in [-0.15, -0.1) is 10.2 Å². The molecular weight excluding hydrogens is 458 g/mol. The Morgan fingerprint density at radius 2 is 1.49 bits per heavy atom. The molecule has 7 heteroatoms. The number of nitrogens with one attached hydrogen (secondary N) is 1. The number of aromatic nitrogens is 7. The van der Waals surface area contributed by atoms with Crippen LogP contribution in [-0.4, -0.2) is 35.2 Å². The van der Waals surface area contributed by atoms with Gasteiger partial charge >= 0.3 is 0 Å². The summed E-state index contributed by atoms with van der Waals surface area (Å²) < 4.78 is 2.21. The van der Waals surface area contributed by atoms with E-state index in [9.17, 15) is 0 Å². The van der Waals surface area contributed by atoms with Crippen molar-refractivity contribution in [2.24, 2.45) is 0 Å². The highest BCUT2D eigenvalue weighted by Gasteiger charge is 2.18. The van der Waals surface area contributed by atoms with Gasteiger partial charge in [0.1, 0.15) is 11.3 Å². The number of benzene rings is 3. The second-order valence-corrected chi connectivity index (χ2v) is 9.29. The van der Waals surface area contributed by atoms with E-state index in [4.69, 9.17) is 9.97 Å². The number of hydrogen-bond donors (Lipinski definition) is 1. The number of imidazole rings is 1. The van der Waals surface area contributed by atoms with Crippen molar-refractivity contribution >= 4 is 11.2 Å². The van der Waals surface area contributed by atoms with Crippen LogP contribution in [0.3, 0.4) is 0 Å². The SMILES string of the molecule is CCCc1nc2c(-c3ccc(C)cc3)cc(C)nc2n1-c1ccc(-c2ccccc2-c2nn[nH]n2)cc1. The molecule has 3 aromatic carbocycles. The third-order valence-electron chi connectivity index (χ3n) is 6.60. The number of aromatic amines is 1. The molecule has 6 aromatic rings. The highest BCUT2D eigenvalue weighted by molar-refractivity contribution is 5.91. The number of rotatable bonds is 6. The minimum absolute atomic E-state index is 0.578. The van der Waals surface area contributed by atoms with E-state index in [0.29, 0.717) is 5.82 Å². The molecule has 0 aliphatic carbocycles. The van der Waals surface area contributed by atoms with E-state index in [0.717, 1.165) is 69.0 Å². The maximum Gasteiger partial charge on any atom is 0.205 e. The zero-order valence-electron chi connectivity index (χ0n) is 21.1. The average Bonchev–Trinajstić information content (AvgIpc) is 3.58. The maximum absolute atomic E-state index is 5.12. The second-order valence-electron chi connectivity index (χ2n) is 9.29. The molecule has 6 rings (SSSR count). The first-order chi connectivity index (χ1) is 18.1. The number of H-pyrrole nitrogens is 1. The van der Waals surface area contributed by atoms with Crippen LogP contribution in [0.25, 0.3) is 50.5 Å². The summed E-state index contributed by atoms with van der Waals surface area (Å²) in [5.74, 6) is 1.60. The summed E-state index contributed by atoms with van der Waals surface area (Å²) in [4.78, 5) is 10.1. The fourth-order valence-corrected chi connectivity index (χ4v) is 4.83. The van der Waals surface area contributed by atoms with Gasteiger partial charge in [-0.3, -0.25) is 4.57 Å². The van der Waals surface area contributed by atoms with Gasteiger partial charge in [0.2, 0.25) is 5.82 Å². The molecule has 0 saturated heterocycles. The van der Waals surface area contributed by atoms with Gasteiger partial charge in [-0.2, -0.15) is 5.21 Å². The number of aryl methyl sites for hydroxylation is 3. The summed E-state index contributed by atoms with van der Waals surface area (Å²) in [6.07, 6.45) is 1.86. The Morgan fingerprint density at radius 1 is 0.784 bits per heavy atom.